The number of carbonyl (C=O) groups is 1. The highest BCUT2D eigenvalue weighted by molar-refractivity contribution is 5.95. The Morgan fingerprint density at radius 3 is 2.53 bits per heavy atom. The van der Waals surface area contributed by atoms with Crippen LogP contribution in [-0.4, -0.2) is 18.0 Å². The molecule has 0 bridgehead atoms. The number of amides is 1. The van der Waals surface area contributed by atoms with Crippen molar-refractivity contribution >= 4 is 11.6 Å². The van der Waals surface area contributed by atoms with E-state index in [1.54, 1.807) is 24.3 Å². The summed E-state index contributed by atoms with van der Waals surface area (Å²) in [4.78, 5) is 11.9. The molecule has 0 aliphatic carbocycles. The van der Waals surface area contributed by atoms with Crippen molar-refractivity contribution in [3.8, 4) is 0 Å². The molecule has 0 radical (unpaired) electrons. The Morgan fingerprint density at radius 2 is 2.00 bits per heavy atom. The zero-order valence-corrected chi connectivity index (χ0v) is 10.5. The van der Waals surface area contributed by atoms with Gasteiger partial charge in [0.2, 0.25) is 0 Å². The van der Waals surface area contributed by atoms with Crippen molar-refractivity contribution in [1.82, 2.24) is 5.32 Å². The zero-order chi connectivity index (χ0) is 12.9. The van der Waals surface area contributed by atoms with Crippen molar-refractivity contribution in [3.05, 3.63) is 29.8 Å². The molecule has 0 aliphatic heterocycles. The summed E-state index contributed by atoms with van der Waals surface area (Å²) >= 11 is 0. The van der Waals surface area contributed by atoms with Crippen LogP contribution in [0.25, 0.3) is 0 Å². The fourth-order valence-corrected chi connectivity index (χ4v) is 1.54. The SMILES string of the molecule is CCC(N)(CC)CNC(=O)c1cccc(N)c1. The van der Waals surface area contributed by atoms with Gasteiger partial charge in [-0.1, -0.05) is 19.9 Å². The topological polar surface area (TPSA) is 81.1 Å². The van der Waals surface area contributed by atoms with E-state index < -0.39 is 0 Å². The van der Waals surface area contributed by atoms with E-state index in [1.165, 1.54) is 0 Å². The van der Waals surface area contributed by atoms with E-state index in [1.807, 2.05) is 13.8 Å². The quantitative estimate of drug-likeness (QED) is 0.677. The number of carbonyl (C=O) groups excluding carboxylic acids is 1. The van der Waals surface area contributed by atoms with Gasteiger partial charge in [-0.2, -0.15) is 0 Å². The van der Waals surface area contributed by atoms with Crippen molar-refractivity contribution in [2.45, 2.75) is 32.2 Å². The van der Waals surface area contributed by atoms with Crippen LogP contribution in [0.4, 0.5) is 5.69 Å². The van der Waals surface area contributed by atoms with Crippen molar-refractivity contribution in [1.29, 1.82) is 0 Å². The van der Waals surface area contributed by atoms with Crippen LogP contribution < -0.4 is 16.8 Å². The number of nitrogen functional groups attached to an aromatic ring is 1. The van der Waals surface area contributed by atoms with Gasteiger partial charge in [-0.15, -0.1) is 0 Å². The Labute approximate surface area is 102 Å². The van der Waals surface area contributed by atoms with Crippen molar-refractivity contribution in [2.75, 3.05) is 12.3 Å². The number of nitrogens with two attached hydrogens (primary N) is 2. The highest BCUT2D eigenvalue weighted by Gasteiger charge is 2.21. The van der Waals surface area contributed by atoms with Crippen LogP contribution in [0.3, 0.4) is 0 Å². The van der Waals surface area contributed by atoms with Gasteiger partial charge in [-0.3, -0.25) is 4.79 Å². The summed E-state index contributed by atoms with van der Waals surface area (Å²) in [7, 11) is 0. The molecule has 1 aromatic carbocycles. The van der Waals surface area contributed by atoms with Crippen molar-refractivity contribution < 1.29 is 4.79 Å². The van der Waals surface area contributed by atoms with Crippen molar-refractivity contribution in [2.24, 2.45) is 5.73 Å². The molecule has 1 rings (SSSR count). The fourth-order valence-electron chi connectivity index (χ4n) is 1.54. The van der Waals surface area contributed by atoms with Gasteiger partial charge in [-0.25, -0.2) is 0 Å². The minimum atomic E-state index is -0.323. The van der Waals surface area contributed by atoms with E-state index >= 15 is 0 Å². The first-order chi connectivity index (χ1) is 8.00. The second-order valence-corrected chi connectivity index (χ2v) is 4.38. The van der Waals surface area contributed by atoms with Gasteiger partial charge in [0.05, 0.1) is 0 Å². The minimum Gasteiger partial charge on any atom is -0.399 e. The summed E-state index contributed by atoms with van der Waals surface area (Å²) in [5.74, 6) is -0.131. The van der Waals surface area contributed by atoms with Gasteiger partial charge in [0.1, 0.15) is 0 Å². The second kappa shape index (κ2) is 5.68. The molecule has 0 saturated carbocycles. The molecular weight excluding hydrogens is 214 g/mol. The zero-order valence-electron chi connectivity index (χ0n) is 10.5. The minimum absolute atomic E-state index is 0.131. The highest BCUT2D eigenvalue weighted by atomic mass is 16.1. The molecule has 0 atom stereocenters. The Hall–Kier alpha value is -1.55. The van der Waals surface area contributed by atoms with E-state index in [4.69, 9.17) is 11.5 Å². The lowest BCUT2D eigenvalue weighted by atomic mass is 9.94. The van der Waals surface area contributed by atoms with E-state index in [0.29, 0.717) is 17.8 Å². The number of hydrogen-bond donors (Lipinski definition) is 3. The second-order valence-electron chi connectivity index (χ2n) is 4.38. The molecule has 17 heavy (non-hydrogen) atoms. The highest BCUT2D eigenvalue weighted by Crippen LogP contribution is 2.11. The number of nitrogens with one attached hydrogen (secondary N) is 1. The predicted octanol–water partition coefficient (Wildman–Crippen LogP) is 1.52. The first-order valence-electron chi connectivity index (χ1n) is 5.93. The van der Waals surface area contributed by atoms with E-state index in [-0.39, 0.29) is 11.4 Å². The summed E-state index contributed by atoms with van der Waals surface area (Å²) in [5, 5.41) is 2.85. The Morgan fingerprint density at radius 1 is 1.35 bits per heavy atom. The molecule has 0 spiro atoms. The molecule has 5 N–H and O–H groups in total. The summed E-state index contributed by atoms with van der Waals surface area (Å²) in [6.45, 7) is 4.53. The Kier molecular flexibility index (Phi) is 4.52. The van der Waals surface area contributed by atoms with E-state index in [9.17, 15) is 4.79 Å². The largest absolute Gasteiger partial charge is 0.399 e. The normalized spacial score (nSPS) is 11.2. The maximum Gasteiger partial charge on any atom is 0.251 e. The Balaban J connectivity index is 2.62. The molecule has 0 fully saturated rings. The van der Waals surface area contributed by atoms with Crippen LogP contribution in [0.1, 0.15) is 37.0 Å². The number of benzene rings is 1. The lowest BCUT2D eigenvalue weighted by Gasteiger charge is -2.26. The third-order valence-corrected chi connectivity index (χ3v) is 3.16. The molecule has 4 heteroatoms. The monoisotopic (exact) mass is 235 g/mol. The maximum atomic E-state index is 11.9. The van der Waals surface area contributed by atoms with Gasteiger partial charge >= 0.3 is 0 Å². The van der Waals surface area contributed by atoms with Crippen LogP contribution in [-0.2, 0) is 0 Å². The summed E-state index contributed by atoms with van der Waals surface area (Å²) in [6, 6.07) is 6.91. The van der Waals surface area contributed by atoms with Crippen LogP contribution in [0.5, 0.6) is 0 Å². The lowest BCUT2D eigenvalue weighted by Crippen LogP contribution is -2.49. The van der Waals surface area contributed by atoms with Gasteiger partial charge in [-0.05, 0) is 31.0 Å². The van der Waals surface area contributed by atoms with Gasteiger partial charge in [0, 0.05) is 23.3 Å². The smallest absolute Gasteiger partial charge is 0.251 e. The number of hydrogen-bond acceptors (Lipinski definition) is 3. The average molecular weight is 235 g/mol. The summed E-state index contributed by atoms with van der Waals surface area (Å²) in [5.41, 5.74) is 12.6. The molecule has 1 amide bonds. The molecular formula is C13H21N3O. The molecule has 0 aromatic heterocycles. The summed E-state index contributed by atoms with van der Waals surface area (Å²) < 4.78 is 0. The van der Waals surface area contributed by atoms with E-state index in [2.05, 4.69) is 5.32 Å². The molecule has 94 valence electrons. The average Bonchev–Trinajstić information content (AvgIpc) is 2.35. The maximum absolute atomic E-state index is 11.9. The van der Waals surface area contributed by atoms with Crippen LogP contribution in [0.15, 0.2) is 24.3 Å². The molecule has 1 aromatic rings. The first kappa shape index (κ1) is 13.5. The van der Waals surface area contributed by atoms with Crippen LogP contribution in [0, 0.1) is 0 Å². The van der Waals surface area contributed by atoms with E-state index in [0.717, 1.165) is 12.8 Å². The number of anilines is 1. The third-order valence-electron chi connectivity index (χ3n) is 3.16. The molecule has 0 aliphatic rings. The summed E-state index contributed by atoms with van der Waals surface area (Å²) in [6.07, 6.45) is 1.67. The molecule has 0 unspecified atom stereocenters. The lowest BCUT2D eigenvalue weighted by molar-refractivity contribution is 0.0942. The third kappa shape index (κ3) is 3.75. The predicted molar refractivity (Wildman–Crippen MR) is 70.7 cm³/mol. The van der Waals surface area contributed by atoms with Gasteiger partial charge in [0.25, 0.3) is 5.91 Å². The van der Waals surface area contributed by atoms with Crippen LogP contribution in [0.2, 0.25) is 0 Å². The molecule has 4 nitrogen and oxygen atoms in total. The Bertz CT molecular complexity index is 386. The van der Waals surface area contributed by atoms with Crippen LogP contribution >= 0.6 is 0 Å². The molecule has 0 heterocycles. The first-order valence-corrected chi connectivity index (χ1v) is 5.93. The van der Waals surface area contributed by atoms with Gasteiger partial charge < -0.3 is 16.8 Å². The fraction of sp³-hybridized carbons (Fsp3) is 0.462. The number of rotatable bonds is 5. The van der Waals surface area contributed by atoms with Crippen molar-refractivity contribution in [3.63, 3.8) is 0 Å². The van der Waals surface area contributed by atoms with Gasteiger partial charge in [0.15, 0.2) is 0 Å². The standard InChI is InChI=1S/C13H21N3O/c1-3-13(15,4-2)9-16-12(17)10-6-5-7-11(14)8-10/h5-8H,3-4,9,14-15H2,1-2H3,(H,16,17). The molecule has 0 saturated heterocycles.